The highest BCUT2D eigenvalue weighted by Crippen LogP contribution is 2.31. The van der Waals surface area contributed by atoms with Gasteiger partial charge in [0, 0.05) is 12.6 Å². The van der Waals surface area contributed by atoms with Crippen LogP contribution in [0.5, 0.6) is 0 Å². The van der Waals surface area contributed by atoms with Crippen molar-refractivity contribution in [1.82, 2.24) is 4.31 Å². The zero-order chi connectivity index (χ0) is 15.8. The molecule has 0 amide bonds. The third-order valence-corrected chi connectivity index (χ3v) is 5.08. The normalized spacial score (nSPS) is 23.1. The molecule has 1 heterocycles. The van der Waals surface area contributed by atoms with Crippen LogP contribution >= 0.6 is 0 Å². The van der Waals surface area contributed by atoms with Gasteiger partial charge in [0.2, 0.25) is 0 Å². The molecule has 1 fully saturated rings. The van der Waals surface area contributed by atoms with Crippen molar-refractivity contribution in [1.29, 1.82) is 0 Å². The summed E-state index contributed by atoms with van der Waals surface area (Å²) in [7, 11) is -4.43. The number of aliphatic hydroxyl groups is 1. The van der Waals surface area contributed by atoms with Gasteiger partial charge < -0.3 is 15.0 Å². The Hall–Kier alpha value is -2.04. The van der Waals surface area contributed by atoms with Crippen molar-refractivity contribution in [2.45, 2.75) is 23.5 Å². The lowest BCUT2D eigenvalue weighted by Crippen LogP contribution is -2.46. The summed E-state index contributed by atoms with van der Waals surface area (Å²) in [5.41, 5.74) is -0.656. The third kappa shape index (κ3) is 2.73. The van der Waals surface area contributed by atoms with Crippen molar-refractivity contribution in [3.8, 4) is 0 Å². The minimum Gasteiger partial charge on any atom is -0.548 e. The highest BCUT2D eigenvalue weighted by atomic mass is 32.2. The Morgan fingerprint density at radius 3 is 2.57 bits per heavy atom. The highest BCUT2D eigenvalue weighted by molar-refractivity contribution is 7.89. The van der Waals surface area contributed by atoms with Crippen LogP contribution in [0.2, 0.25) is 0 Å². The summed E-state index contributed by atoms with van der Waals surface area (Å²) in [6.07, 6.45) is -1.48. The van der Waals surface area contributed by atoms with Gasteiger partial charge in [0.25, 0.3) is 15.7 Å². The lowest BCUT2D eigenvalue weighted by molar-refractivity contribution is -0.387. The molecule has 0 saturated carbocycles. The molecule has 2 rings (SSSR count). The molecule has 0 aromatic heterocycles. The topological polar surface area (TPSA) is 141 Å². The number of nitro benzene ring substituents is 1. The van der Waals surface area contributed by atoms with Crippen molar-refractivity contribution in [2.75, 3.05) is 6.54 Å². The number of aliphatic hydroxyl groups excluding tert-OH is 1. The molecular formula is C11H11N2O7S-. The van der Waals surface area contributed by atoms with Crippen LogP contribution in [0.1, 0.15) is 6.42 Å². The van der Waals surface area contributed by atoms with E-state index >= 15 is 0 Å². The number of rotatable bonds is 4. The number of benzene rings is 1. The third-order valence-electron chi connectivity index (χ3n) is 3.15. The molecule has 0 bridgehead atoms. The van der Waals surface area contributed by atoms with Crippen LogP contribution in [0.4, 0.5) is 5.69 Å². The summed E-state index contributed by atoms with van der Waals surface area (Å²) in [5, 5.41) is 31.4. The molecule has 1 aromatic carbocycles. The lowest BCUT2D eigenvalue weighted by atomic mass is 10.2. The Labute approximate surface area is 119 Å². The second-order valence-corrected chi connectivity index (χ2v) is 6.38. The number of nitrogens with zero attached hydrogens (tertiary/aromatic N) is 2. The lowest BCUT2D eigenvalue weighted by Gasteiger charge is -2.24. The number of carboxylic acids is 1. The number of β-amino-alcohol motifs (C(OH)–C–C–N with tert-alkyl or cyclic N) is 1. The van der Waals surface area contributed by atoms with Gasteiger partial charge in [0.05, 0.1) is 23.0 Å². The van der Waals surface area contributed by atoms with Gasteiger partial charge in [-0.1, -0.05) is 12.1 Å². The van der Waals surface area contributed by atoms with Crippen LogP contribution in [-0.4, -0.2) is 47.4 Å². The van der Waals surface area contributed by atoms with E-state index in [-0.39, 0.29) is 6.42 Å². The number of hydrogen-bond acceptors (Lipinski definition) is 7. The summed E-state index contributed by atoms with van der Waals surface area (Å²) in [6.45, 7) is -0.451. The van der Waals surface area contributed by atoms with Gasteiger partial charge in [-0.3, -0.25) is 10.1 Å². The Balaban J connectivity index is 2.52. The average Bonchev–Trinajstić information content (AvgIpc) is 2.82. The SMILES string of the molecule is O=C([O-])[C@H]1C[C@@H](O)CN1S(=O)(=O)c1ccccc1[N+](=O)[O-]. The van der Waals surface area contributed by atoms with Crippen molar-refractivity contribution < 1.29 is 28.3 Å². The predicted molar refractivity (Wildman–Crippen MR) is 66.4 cm³/mol. The number of hydrogen-bond donors (Lipinski definition) is 1. The standard InChI is InChI=1S/C11H12N2O7S/c14-7-5-9(11(15)16)12(6-7)21(19,20)10-4-2-1-3-8(10)13(17)18/h1-4,7,9,14H,5-6H2,(H,15,16)/p-1/t7-,9-/m1/s1. The maximum absolute atomic E-state index is 12.4. The molecule has 0 spiro atoms. The maximum Gasteiger partial charge on any atom is 0.289 e. The van der Waals surface area contributed by atoms with Crippen molar-refractivity contribution in [3.05, 3.63) is 34.4 Å². The van der Waals surface area contributed by atoms with Gasteiger partial charge >= 0.3 is 0 Å². The first-order valence-electron chi connectivity index (χ1n) is 5.89. The van der Waals surface area contributed by atoms with Gasteiger partial charge in [0.15, 0.2) is 4.90 Å². The van der Waals surface area contributed by atoms with Crippen LogP contribution in [-0.2, 0) is 14.8 Å². The number of aliphatic carboxylic acids is 1. The van der Waals surface area contributed by atoms with E-state index in [0.717, 1.165) is 12.1 Å². The second kappa shape index (κ2) is 5.39. The molecule has 0 unspecified atom stereocenters. The number of para-hydroxylation sites is 1. The zero-order valence-corrected chi connectivity index (χ0v) is 11.4. The molecule has 2 atom stereocenters. The fourth-order valence-electron chi connectivity index (χ4n) is 2.22. The van der Waals surface area contributed by atoms with Crippen LogP contribution in [0.25, 0.3) is 0 Å². The first-order chi connectivity index (χ1) is 9.75. The molecule has 21 heavy (non-hydrogen) atoms. The molecular weight excluding hydrogens is 304 g/mol. The van der Waals surface area contributed by atoms with E-state index in [1.807, 2.05) is 0 Å². The Kier molecular flexibility index (Phi) is 3.94. The minimum atomic E-state index is -4.43. The number of sulfonamides is 1. The van der Waals surface area contributed by atoms with E-state index in [0.29, 0.717) is 4.31 Å². The monoisotopic (exact) mass is 315 g/mol. The van der Waals surface area contributed by atoms with Crippen molar-refractivity contribution in [2.24, 2.45) is 0 Å². The quantitative estimate of drug-likeness (QED) is 0.524. The number of carbonyl (C=O) groups excluding carboxylic acids is 1. The summed E-state index contributed by atoms with van der Waals surface area (Å²) in [6, 6.07) is 3.06. The van der Waals surface area contributed by atoms with Gasteiger partial charge in [-0.2, -0.15) is 4.31 Å². The van der Waals surface area contributed by atoms with E-state index in [4.69, 9.17) is 0 Å². The Morgan fingerprint density at radius 2 is 2.00 bits per heavy atom. The van der Waals surface area contributed by atoms with Gasteiger partial charge in [0.1, 0.15) is 0 Å². The average molecular weight is 315 g/mol. The van der Waals surface area contributed by atoms with Crippen LogP contribution in [0.15, 0.2) is 29.2 Å². The Bertz CT molecular complexity index is 688. The van der Waals surface area contributed by atoms with Crippen molar-refractivity contribution in [3.63, 3.8) is 0 Å². The summed E-state index contributed by atoms with van der Waals surface area (Å²) >= 11 is 0. The molecule has 1 N–H and O–H groups in total. The van der Waals surface area contributed by atoms with Gasteiger partial charge in [-0.05, 0) is 12.5 Å². The Morgan fingerprint density at radius 1 is 1.38 bits per heavy atom. The number of carboxylic acid groups (broad SMARTS) is 1. The van der Waals surface area contributed by atoms with Gasteiger partial charge in [-0.15, -0.1) is 0 Å². The fraction of sp³-hybridized carbons (Fsp3) is 0.364. The van der Waals surface area contributed by atoms with Crippen LogP contribution in [0, 0.1) is 10.1 Å². The fourth-order valence-corrected chi connectivity index (χ4v) is 4.00. The smallest absolute Gasteiger partial charge is 0.289 e. The summed E-state index contributed by atoms with van der Waals surface area (Å²) in [5.74, 6) is -1.66. The van der Waals surface area contributed by atoms with Crippen molar-refractivity contribution >= 4 is 21.7 Å². The molecule has 1 aliphatic rings. The molecule has 9 nitrogen and oxygen atoms in total. The van der Waals surface area contributed by atoms with E-state index < -0.39 is 50.2 Å². The molecule has 0 aliphatic carbocycles. The van der Waals surface area contributed by atoms with Gasteiger partial charge in [-0.25, -0.2) is 8.42 Å². The maximum atomic E-state index is 12.4. The molecule has 10 heteroatoms. The molecule has 1 saturated heterocycles. The number of nitro groups is 1. The molecule has 1 aliphatic heterocycles. The largest absolute Gasteiger partial charge is 0.548 e. The first-order valence-corrected chi connectivity index (χ1v) is 7.33. The molecule has 1 aromatic rings. The summed E-state index contributed by atoms with van der Waals surface area (Å²) in [4.78, 5) is 20.4. The second-order valence-electron chi connectivity index (χ2n) is 4.52. The minimum absolute atomic E-state index is 0.317. The van der Waals surface area contributed by atoms with Crippen LogP contribution in [0.3, 0.4) is 0 Å². The summed E-state index contributed by atoms with van der Waals surface area (Å²) < 4.78 is 25.4. The number of carbonyl (C=O) groups is 1. The molecule has 0 radical (unpaired) electrons. The zero-order valence-electron chi connectivity index (χ0n) is 10.6. The van der Waals surface area contributed by atoms with E-state index in [1.54, 1.807) is 0 Å². The van der Waals surface area contributed by atoms with Crippen LogP contribution < -0.4 is 5.11 Å². The highest BCUT2D eigenvalue weighted by Gasteiger charge is 2.42. The molecule has 114 valence electrons. The van der Waals surface area contributed by atoms with E-state index in [9.17, 15) is 33.5 Å². The van der Waals surface area contributed by atoms with E-state index in [1.165, 1.54) is 12.1 Å². The van der Waals surface area contributed by atoms with E-state index in [2.05, 4.69) is 0 Å². The predicted octanol–water partition coefficient (Wildman–Crippen LogP) is -1.53. The first kappa shape index (κ1) is 15.4.